The largest absolute Gasteiger partial charge is 0.379 e. The van der Waals surface area contributed by atoms with Gasteiger partial charge in [-0.05, 0) is 29.3 Å². The number of carbonyl (C=O) groups excluding carboxylic acids is 1. The molecule has 0 saturated carbocycles. The summed E-state index contributed by atoms with van der Waals surface area (Å²) in [6.45, 7) is 4.67. The average Bonchev–Trinajstić information content (AvgIpc) is 2.84. The van der Waals surface area contributed by atoms with Gasteiger partial charge in [0.05, 0.1) is 19.8 Å². The summed E-state index contributed by atoms with van der Waals surface area (Å²) >= 11 is 0. The zero-order valence-corrected chi connectivity index (χ0v) is 15.5. The van der Waals surface area contributed by atoms with Gasteiger partial charge in [-0.2, -0.15) is 0 Å². The quantitative estimate of drug-likeness (QED) is 0.808. The van der Waals surface area contributed by atoms with Crippen molar-refractivity contribution >= 4 is 11.6 Å². The highest BCUT2D eigenvalue weighted by atomic mass is 19.1. The van der Waals surface area contributed by atoms with Crippen LogP contribution in [0.1, 0.15) is 5.56 Å². The number of amides is 1. The highest BCUT2D eigenvalue weighted by Crippen LogP contribution is 2.31. The van der Waals surface area contributed by atoms with Crippen LogP contribution in [0.5, 0.6) is 0 Å². The Labute approximate surface area is 162 Å². The first-order valence-electron chi connectivity index (χ1n) is 9.38. The molecule has 1 amide bonds. The Morgan fingerprint density at radius 1 is 0.857 bits per heavy atom. The molecule has 0 aromatic heterocycles. The van der Waals surface area contributed by atoms with E-state index in [1.54, 1.807) is 11.0 Å². The number of ether oxygens (including phenoxy) is 2. The molecule has 4 rings (SSSR count). The predicted molar refractivity (Wildman–Crippen MR) is 101 cm³/mol. The monoisotopic (exact) mass is 388 g/mol. The van der Waals surface area contributed by atoms with Crippen molar-refractivity contribution in [1.82, 2.24) is 4.90 Å². The van der Waals surface area contributed by atoms with Gasteiger partial charge in [0.15, 0.2) is 0 Å². The van der Waals surface area contributed by atoms with Gasteiger partial charge in [-0.3, -0.25) is 9.69 Å². The molecule has 1 saturated heterocycles. The maximum atomic E-state index is 13.6. The van der Waals surface area contributed by atoms with Gasteiger partial charge in [0, 0.05) is 43.5 Å². The molecule has 5 nitrogen and oxygen atoms in total. The lowest BCUT2D eigenvalue weighted by Gasteiger charge is -2.30. The maximum Gasteiger partial charge on any atom is 0.253 e. The molecular weight excluding hydrogens is 366 g/mol. The predicted octanol–water partition coefficient (Wildman–Crippen LogP) is 2.83. The number of benzene rings is 2. The highest BCUT2D eigenvalue weighted by Gasteiger charge is 2.24. The van der Waals surface area contributed by atoms with Crippen LogP contribution in [-0.4, -0.2) is 56.8 Å². The number of anilines is 1. The summed E-state index contributed by atoms with van der Waals surface area (Å²) in [6.07, 6.45) is 0. The van der Waals surface area contributed by atoms with E-state index in [0.717, 1.165) is 37.0 Å². The van der Waals surface area contributed by atoms with Crippen LogP contribution in [0.2, 0.25) is 0 Å². The van der Waals surface area contributed by atoms with E-state index in [0.29, 0.717) is 37.5 Å². The number of fused-ring (bicyclic) bond motifs is 1. The number of rotatable bonds is 4. The van der Waals surface area contributed by atoms with Crippen molar-refractivity contribution in [2.24, 2.45) is 0 Å². The number of morpholine rings is 1. The van der Waals surface area contributed by atoms with Gasteiger partial charge in [-0.15, -0.1) is 0 Å². The second-order valence-corrected chi connectivity index (χ2v) is 6.99. The zero-order chi connectivity index (χ0) is 19.5. The minimum atomic E-state index is -0.631. The van der Waals surface area contributed by atoms with Crippen molar-refractivity contribution in [2.45, 2.75) is 6.61 Å². The molecule has 2 aromatic carbocycles. The first-order valence-corrected chi connectivity index (χ1v) is 9.38. The van der Waals surface area contributed by atoms with Crippen LogP contribution in [0.3, 0.4) is 0 Å². The van der Waals surface area contributed by atoms with Crippen molar-refractivity contribution < 1.29 is 23.0 Å². The number of halogens is 2. The molecule has 0 radical (unpaired) electrons. The molecule has 2 aliphatic heterocycles. The molecule has 1 fully saturated rings. The lowest BCUT2D eigenvalue weighted by atomic mass is 10.0. The Morgan fingerprint density at radius 2 is 1.61 bits per heavy atom. The fraction of sp³-hybridized carbons (Fsp3) is 0.381. The molecule has 0 bridgehead atoms. The van der Waals surface area contributed by atoms with Crippen molar-refractivity contribution in [2.75, 3.05) is 50.9 Å². The fourth-order valence-electron chi connectivity index (χ4n) is 3.61. The molecule has 0 spiro atoms. The average molecular weight is 388 g/mol. The molecular formula is C21H22F2N2O3. The van der Waals surface area contributed by atoms with Crippen molar-refractivity contribution in [3.05, 3.63) is 53.6 Å². The second kappa shape index (κ2) is 8.34. The van der Waals surface area contributed by atoms with E-state index >= 15 is 0 Å². The smallest absolute Gasteiger partial charge is 0.253 e. The van der Waals surface area contributed by atoms with Crippen molar-refractivity contribution in [1.29, 1.82) is 0 Å². The molecule has 148 valence electrons. The molecule has 7 heteroatoms. The van der Waals surface area contributed by atoms with Crippen LogP contribution in [0.25, 0.3) is 11.1 Å². The topological polar surface area (TPSA) is 42.0 Å². The van der Waals surface area contributed by atoms with Gasteiger partial charge >= 0.3 is 0 Å². The van der Waals surface area contributed by atoms with E-state index in [1.807, 2.05) is 12.1 Å². The molecule has 2 aliphatic rings. The molecule has 0 aliphatic carbocycles. The Balaban J connectivity index is 1.63. The highest BCUT2D eigenvalue weighted by molar-refractivity contribution is 5.96. The third-order valence-corrected chi connectivity index (χ3v) is 5.10. The number of hydrogen-bond acceptors (Lipinski definition) is 4. The number of nitrogens with zero attached hydrogens (tertiary/aromatic N) is 2. The van der Waals surface area contributed by atoms with Gasteiger partial charge in [-0.25, -0.2) is 8.78 Å². The summed E-state index contributed by atoms with van der Waals surface area (Å²) in [5.41, 5.74) is 2.71. The van der Waals surface area contributed by atoms with Gasteiger partial charge in [-0.1, -0.05) is 12.1 Å². The van der Waals surface area contributed by atoms with E-state index in [-0.39, 0.29) is 12.5 Å². The summed E-state index contributed by atoms with van der Waals surface area (Å²) in [7, 11) is 0. The normalized spacial score (nSPS) is 18.1. The third-order valence-electron chi connectivity index (χ3n) is 5.10. The Morgan fingerprint density at radius 3 is 2.36 bits per heavy atom. The van der Waals surface area contributed by atoms with E-state index in [4.69, 9.17) is 9.47 Å². The lowest BCUT2D eigenvalue weighted by Crippen LogP contribution is -2.43. The lowest BCUT2D eigenvalue weighted by molar-refractivity contribution is -0.123. The molecule has 2 heterocycles. The Kier molecular flexibility index (Phi) is 5.66. The van der Waals surface area contributed by atoms with Gasteiger partial charge in [0.2, 0.25) is 0 Å². The van der Waals surface area contributed by atoms with Gasteiger partial charge < -0.3 is 14.4 Å². The maximum absolute atomic E-state index is 13.6. The summed E-state index contributed by atoms with van der Waals surface area (Å²) in [6, 6.07) is 8.89. The van der Waals surface area contributed by atoms with Gasteiger partial charge in [0.1, 0.15) is 18.2 Å². The molecule has 2 aromatic rings. The number of hydrogen-bond donors (Lipinski definition) is 0. The minimum absolute atomic E-state index is 0.0156. The molecule has 0 atom stereocenters. The Hall–Kier alpha value is -2.35. The van der Waals surface area contributed by atoms with Gasteiger partial charge in [0.25, 0.3) is 5.91 Å². The fourth-order valence-corrected chi connectivity index (χ4v) is 3.61. The summed E-state index contributed by atoms with van der Waals surface area (Å²) in [5, 5.41) is 0. The Bertz CT molecular complexity index is 848. The van der Waals surface area contributed by atoms with Crippen LogP contribution in [0.4, 0.5) is 14.5 Å². The summed E-state index contributed by atoms with van der Waals surface area (Å²) in [5.74, 6) is -1.38. The van der Waals surface area contributed by atoms with Crippen LogP contribution < -0.4 is 4.90 Å². The summed E-state index contributed by atoms with van der Waals surface area (Å²) in [4.78, 5) is 16.6. The van der Waals surface area contributed by atoms with Crippen molar-refractivity contribution in [3.63, 3.8) is 0 Å². The molecule has 28 heavy (non-hydrogen) atoms. The molecule has 0 unspecified atom stereocenters. The van der Waals surface area contributed by atoms with E-state index in [1.165, 1.54) is 12.1 Å². The van der Waals surface area contributed by atoms with Crippen LogP contribution in [0.15, 0.2) is 36.4 Å². The standard InChI is InChI=1S/C21H22F2N2O3/c22-18-9-17(10-19(23)12-18)15-1-2-16-13-28-14-21(26)25(20(16)11-15)4-3-24-5-7-27-8-6-24/h1-2,9-12H,3-8,13-14H2. The molecule has 0 N–H and O–H groups in total. The first-order chi connectivity index (χ1) is 13.6. The van der Waals surface area contributed by atoms with Crippen molar-refractivity contribution in [3.8, 4) is 11.1 Å². The minimum Gasteiger partial charge on any atom is -0.379 e. The van der Waals surface area contributed by atoms with Crippen LogP contribution in [-0.2, 0) is 20.9 Å². The SMILES string of the molecule is O=C1COCc2ccc(-c3cc(F)cc(F)c3)cc2N1CCN1CCOCC1. The van der Waals surface area contributed by atoms with E-state index in [2.05, 4.69) is 4.90 Å². The van der Waals surface area contributed by atoms with E-state index < -0.39 is 11.6 Å². The summed E-state index contributed by atoms with van der Waals surface area (Å²) < 4.78 is 38.1. The second-order valence-electron chi connectivity index (χ2n) is 6.99. The zero-order valence-electron chi connectivity index (χ0n) is 15.5. The third kappa shape index (κ3) is 4.22. The first kappa shape index (κ1) is 19.0. The van der Waals surface area contributed by atoms with Crippen LogP contribution in [0, 0.1) is 11.6 Å². The van der Waals surface area contributed by atoms with E-state index in [9.17, 15) is 13.6 Å². The van der Waals surface area contributed by atoms with Crippen LogP contribution >= 0.6 is 0 Å². The number of carbonyl (C=O) groups is 1.